The number of allylic oxidation sites excluding steroid dienone is 1. The third kappa shape index (κ3) is 3.27. The van der Waals surface area contributed by atoms with Gasteiger partial charge in [0.05, 0.1) is 11.2 Å². The van der Waals surface area contributed by atoms with Crippen molar-refractivity contribution in [3.63, 3.8) is 0 Å². The van der Waals surface area contributed by atoms with E-state index in [0.29, 0.717) is 5.56 Å². The molecule has 1 aromatic heterocycles. The number of benzene rings is 3. The Labute approximate surface area is 158 Å². The molecule has 3 nitrogen and oxygen atoms in total. The van der Waals surface area contributed by atoms with Crippen LogP contribution in [0.15, 0.2) is 91.0 Å². The van der Waals surface area contributed by atoms with Gasteiger partial charge in [-0.15, -0.1) is 0 Å². The van der Waals surface area contributed by atoms with E-state index in [1.54, 1.807) is 13.2 Å². The first-order valence-electron chi connectivity index (χ1n) is 8.80. The van der Waals surface area contributed by atoms with Crippen LogP contribution in [0.25, 0.3) is 28.2 Å². The number of hydrogen-bond donors (Lipinski definition) is 0. The second kappa shape index (κ2) is 7.34. The van der Waals surface area contributed by atoms with Gasteiger partial charge in [-0.3, -0.25) is 4.79 Å². The zero-order valence-electron chi connectivity index (χ0n) is 15.0. The summed E-state index contributed by atoms with van der Waals surface area (Å²) in [5, 5.41) is 1.11. The maximum absolute atomic E-state index is 12.4. The van der Waals surface area contributed by atoms with Crippen LogP contribution < -0.4 is 4.84 Å². The lowest BCUT2D eigenvalue weighted by molar-refractivity contribution is 0.104. The van der Waals surface area contributed by atoms with Crippen molar-refractivity contribution in [1.82, 2.24) is 4.73 Å². The number of aromatic nitrogens is 1. The van der Waals surface area contributed by atoms with Gasteiger partial charge in [0.25, 0.3) is 0 Å². The predicted molar refractivity (Wildman–Crippen MR) is 110 cm³/mol. The van der Waals surface area contributed by atoms with Gasteiger partial charge < -0.3 is 4.84 Å². The molecule has 3 heteroatoms. The second-order valence-electron chi connectivity index (χ2n) is 6.22. The molecule has 0 saturated heterocycles. The van der Waals surface area contributed by atoms with Crippen molar-refractivity contribution in [3.05, 3.63) is 102 Å². The van der Waals surface area contributed by atoms with Crippen LogP contribution in [-0.4, -0.2) is 17.6 Å². The molecule has 0 fully saturated rings. The molecule has 0 aliphatic rings. The van der Waals surface area contributed by atoms with E-state index in [4.69, 9.17) is 4.84 Å². The fourth-order valence-electron chi connectivity index (χ4n) is 3.25. The monoisotopic (exact) mass is 353 g/mol. The number of carbonyl (C=O) groups is 1. The normalized spacial score (nSPS) is 11.1. The van der Waals surface area contributed by atoms with Crippen molar-refractivity contribution in [2.45, 2.75) is 0 Å². The average molecular weight is 353 g/mol. The van der Waals surface area contributed by atoms with Gasteiger partial charge in [-0.1, -0.05) is 78.9 Å². The lowest BCUT2D eigenvalue weighted by atomic mass is 10.0. The Balaban J connectivity index is 1.76. The summed E-state index contributed by atoms with van der Waals surface area (Å²) in [6.45, 7) is 0. The van der Waals surface area contributed by atoms with Gasteiger partial charge in [-0.25, -0.2) is 0 Å². The predicted octanol–water partition coefficient (Wildman–Crippen LogP) is 5.26. The molecule has 0 N–H and O–H groups in total. The summed E-state index contributed by atoms with van der Waals surface area (Å²) >= 11 is 0. The van der Waals surface area contributed by atoms with E-state index < -0.39 is 0 Å². The SMILES string of the molecule is COn1c(-c2ccccc2C=CC(=O)c2ccccc2)cc2ccccc21. The zero-order valence-corrected chi connectivity index (χ0v) is 15.0. The van der Waals surface area contributed by atoms with E-state index in [-0.39, 0.29) is 5.78 Å². The molecule has 0 radical (unpaired) electrons. The molecular formula is C24H19NO2. The van der Waals surface area contributed by atoms with Gasteiger partial charge in [0.15, 0.2) is 5.78 Å². The van der Waals surface area contributed by atoms with E-state index in [2.05, 4.69) is 12.1 Å². The minimum absolute atomic E-state index is 0.0160. The van der Waals surface area contributed by atoms with Crippen LogP contribution >= 0.6 is 0 Å². The molecule has 4 aromatic rings. The van der Waals surface area contributed by atoms with E-state index in [1.807, 2.05) is 83.6 Å². The van der Waals surface area contributed by atoms with Gasteiger partial charge in [-0.2, -0.15) is 4.73 Å². The average Bonchev–Trinajstić information content (AvgIpc) is 3.11. The van der Waals surface area contributed by atoms with Crippen LogP contribution in [0.1, 0.15) is 15.9 Å². The first-order chi connectivity index (χ1) is 13.3. The standard InChI is InChI=1S/C24H19NO2/c1-27-25-22-14-8-6-12-20(22)17-23(25)21-13-7-5-9-18(21)15-16-24(26)19-10-3-2-4-11-19/h2-17H,1H3. The van der Waals surface area contributed by atoms with Crippen molar-refractivity contribution in [2.24, 2.45) is 0 Å². The second-order valence-corrected chi connectivity index (χ2v) is 6.22. The highest BCUT2D eigenvalue weighted by Gasteiger charge is 2.13. The van der Waals surface area contributed by atoms with Crippen LogP contribution in [-0.2, 0) is 0 Å². The maximum atomic E-state index is 12.4. The third-order valence-corrected chi connectivity index (χ3v) is 4.56. The van der Waals surface area contributed by atoms with E-state index in [0.717, 1.165) is 27.7 Å². The van der Waals surface area contributed by atoms with Crippen LogP contribution in [0.4, 0.5) is 0 Å². The Bertz CT molecular complexity index is 1120. The molecule has 0 aliphatic heterocycles. The lowest BCUT2D eigenvalue weighted by Crippen LogP contribution is -2.07. The van der Waals surface area contributed by atoms with Crippen molar-refractivity contribution in [2.75, 3.05) is 7.11 Å². The Hall–Kier alpha value is -3.59. The number of hydrogen-bond acceptors (Lipinski definition) is 2. The minimum atomic E-state index is -0.0160. The van der Waals surface area contributed by atoms with E-state index >= 15 is 0 Å². The lowest BCUT2D eigenvalue weighted by Gasteiger charge is -2.10. The third-order valence-electron chi connectivity index (χ3n) is 4.56. The van der Waals surface area contributed by atoms with Crippen molar-refractivity contribution >= 4 is 22.8 Å². The van der Waals surface area contributed by atoms with Crippen molar-refractivity contribution < 1.29 is 9.63 Å². The fraction of sp³-hybridized carbons (Fsp3) is 0.0417. The number of nitrogens with zero attached hydrogens (tertiary/aromatic N) is 1. The van der Waals surface area contributed by atoms with Crippen LogP contribution in [0.5, 0.6) is 0 Å². The van der Waals surface area contributed by atoms with Crippen LogP contribution in [0, 0.1) is 0 Å². The van der Waals surface area contributed by atoms with Crippen LogP contribution in [0.3, 0.4) is 0 Å². The molecule has 4 rings (SSSR count). The van der Waals surface area contributed by atoms with Crippen molar-refractivity contribution in [3.8, 4) is 11.3 Å². The highest BCUT2D eigenvalue weighted by Crippen LogP contribution is 2.30. The van der Waals surface area contributed by atoms with Crippen molar-refractivity contribution in [1.29, 1.82) is 0 Å². The van der Waals surface area contributed by atoms with E-state index in [9.17, 15) is 4.79 Å². The summed E-state index contributed by atoms with van der Waals surface area (Å²) in [5.41, 5.74) is 4.60. The Morgan fingerprint density at radius 1 is 0.889 bits per heavy atom. The molecular weight excluding hydrogens is 334 g/mol. The molecule has 0 aliphatic carbocycles. The fourth-order valence-corrected chi connectivity index (χ4v) is 3.25. The Kier molecular flexibility index (Phi) is 4.58. The summed E-state index contributed by atoms with van der Waals surface area (Å²) in [6.07, 6.45) is 3.48. The van der Waals surface area contributed by atoms with Gasteiger partial charge in [0.2, 0.25) is 0 Å². The smallest absolute Gasteiger partial charge is 0.185 e. The molecule has 132 valence electrons. The first-order valence-corrected chi connectivity index (χ1v) is 8.80. The maximum Gasteiger partial charge on any atom is 0.185 e. The number of fused-ring (bicyclic) bond motifs is 1. The molecule has 0 spiro atoms. The quantitative estimate of drug-likeness (QED) is 0.362. The first kappa shape index (κ1) is 16.9. The van der Waals surface area contributed by atoms with Gasteiger partial charge in [0, 0.05) is 16.5 Å². The van der Waals surface area contributed by atoms with E-state index in [1.165, 1.54) is 0 Å². The summed E-state index contributed by atoms with van der Waals surface area (Å²) < 4.78 is 1.82. The highest BCUT2D eigenvalue weighted by atomic mass is 16.6. The molecule has 27 heavy (non-hydrogen) atoms. The zero-order chi connectivity index (χ0) is 18.6. The summed E-state index contributed by atoms with van der Waals surface area (Å²) in [6, 6.07) is 27.5. The molecule has 0 amide bonds. The molecule has 0 atom stereocenters. The molecule has 0 bridgehead atoms. The number of ketones is 1. The molecule has 0 saturated carbocycles. The highest BCUT2D eigenvalue weighted by molar-refractivity contribution is 6.07. The molecule has 3 aromatic carbocycles. The minimum Gasteiger partial charge on any atom is -0.417 e. The van der Waals surface area contributed by atoms with Gasteiger partial charge in [0.1, 0.15) is 7.11 Å². The Morgan fingerprint density at radius 3 is 2.41 bits per heavy atom. The Morgan fingerprint density at radius 2 is 1.59 bits per heavy atom. The molecule has 0 unspecified atom stereocenters. The van der Waals surface area contributed by atoms with Gasteiger partial charge in [-0.05, 0) is 23.8 Å². The summed E-state index contributed by atoms with van der Waals surface area (Å²) in [5.74, 6) is -0.0160. The van der Waals surface area contributed by atoms with Gasteiger partial charge >= 0.3 is 0 Å². The van der Waals surface area contributed by atoms with Crippen LogP contribution in [0.2, 0.25) is 0 Å². The largest absolute Gasteiger partial charge is 0.417 e. The molecule has 1 heterocycles. The topological polar surface area (TPSA) is 31.2 Å². The summed E-state index contributed by atoms with van der Waals surface area (Å²) in [4.78, 5) is 18.0. The summed E-state index contributed by atoms with van der Waals surface area (Å²) in [7, 11) is 1.66. The number of rotatable bonds is 5. The number of para-hydroxylation sites is 1. The number of carbonyl (C=O) groups excluding carboxylic acids is 1.